The molecule has 0 spiro atoms. The van der Waals surface area contributed by atoms with Gasteiger partial charge in [-0.25, -0.2) is 0 Å². The minimum absolute atomic E-state index is 1.06. The first-order valence-corrected chi connectivity index (χ1v) is 8.10. The number of benzene rings is 4. The molecule has 0 saturated carbocycles. The van der Waals surface area contributed by atoms with Crippen molar-refractivity contribution in [1.82, 2.24) is 0 Å². The van der Waals surface area contributed by atoms with Crippen LogP contribution in [0.4, 0.5) is 0 Å². The molecule has 4 aromatic carbocycles. The molecule has 0 aliphatic heterocycles. The van der Waals surface area contributed by atoms with Gasteiger partial charge in [0.05, 0.1) is 0 Å². The van der Waals surface area contributed by atoms with E-state index < -0.39 is 0 Å². The molecule has 0 heterocycles. The molecule has 100 valence electrons. The highest BCUT2D eigenvalue weighted by molar-refractivity contribution is 9.10. The zero-order valence-corrected chi connectivity index (χ0v) is 13.4. The molecule has 21 heavy (non-hydrogen) atoms. The molecular formula is C19H14BBr. The Kier molecular flexibility index (Phi) is 3.00. The Hall–Kier alpha value is -1.80. The first kappa shape index (κ1) is 12.9. The van der Waals surface area contributed by atoms with Crippen molar-refractivity contribution in [3.63, 3.8) is 0 Å². The van der Waals surface area contributed by atoms with Crippen LogP contribution in [0.1, 0.15) is 0 Å². The van der Waals surface area contributed by atoms with Gasteiger partial charge in [0.2, 0.25) is 0 Å². The van der Waals surface area contributed by atoms with E-state index >= 15 is 0 Å². The van der Waals surface area contributed by atoms with Gasteiger partial charge < -0.3 is 0 Å². The van der Waals surface area contributed by atoms with Crippen LogP contribution in [0.25, 0.3) is 32.3 Å². The van der Waals surface area contributed by atoms with Gasteiger partial charge in [0.15, 0.2) is 7.28 Å². The third kappa shape index (κ3) is 1.90. The van der Waals surface area contributed by atoms with Crippen LogP contribution in [0.5, 0.6) is 0 Å². The smallest absolute Gasteiger partial charge is 0.0849 e. The van der Waals surface area contributed by atoms with Crippen LogP contribution in [0, 0.1) is 0 Å². The fourth-order valence-corrected chi connectivity index (χ4v) is 3.85. The molecule has 0 fully saturated rings. The molecule has 0 unspecified atom stereocenters. The Bertz CT molecular complexity index is 989. The van der Waals surface area contributed by atoms with Gasteiger partial charge in [0.1, 0.15) is 0 Å². The van der Waals surface area contributed by atoms with Gasteiger partial charge in [-0.05, 0) is 38.4 Å². The zero-order chi connectivity index (χ0) is 14.4. The van der Waals surface area contributed by atoms with Gasteiger partial charge >= 0.3 is 0 Å². The molecule has 0 aliphatic carbocycles. The van der Waals surface area contributed by atoms with Crippen LogP contribution in [0.3, 0.4) is 0 Å². The normalized spacial score (nSPS) is 11.3. The Morgan fingerprint density at radius 3 is 1.86 bits per heavy atom. The summed E-state index contributed by atoms with van der Waals surface area (Å²) in [6.07, 6.45) is 0. The van der Waals surface area contributed by atoms with Crippen LogP contribution < -0.4 is 5.46 Å². The van der Waals surface area contributed by atoms with Crippen molar-refractivity contribution in [3.05, 3.63) is 65.1 Å². The largest absolute Gasteiger partial charge is 0.155 e. The van der Waals surface area contributed by atoms with E-state index in [0.717, 1.165) is 7.28 Å². The van der Waals surface area contributed by atoms with Gasteiger partial charge in [-0.3, -0.25) is 0 Å². The molecule has 0 nitrogen and oxygen atoms in total. The molecule has 0 aromatic heterocycles. The topological polar surface area (TPSA) is 0 Å². The third-order valence-corrected chi connectivity index (χ3v) is 4.95. The van der Waals surface area contributed by atoms with Crippen molar-refractivity contribution >= 4 is 61.0 Å². The Morgan fingerprint density at radius 1 is 0.667 bits per heavy atom. The lowest BCUT2D eigenvalue weighted by Gasteiger charge is -2.12. The number of hydrogen-bond donors (Lipinski definition) is 0. The monoisotopic (exact) mass is 332 g/mol. The summed E-state index contributed by atoms with van der Waals surface area (Å²) in [5.41, 5.74) is 1.42. The standard InChI is InChI=1S/C19H14BBr/c1-20-18-10-16-13-7-3-5-9-15(13)19(21)11-17(16)12-6-2-4-8-14(12)18/h2-11,20H,1H3. The van der Waals surface area contributed by atoms with Crippen molar-refractivity contribution in [2.75, 3.05) is 0 Å². The SMILES string of the molecule is CBc1cc2c3ccccc3c(Br)cc2c2ccccc12. The van der Waals surface area contributed by atoms with E-state index in [1.807, 2.05) is 0 Å². The lowest BCUT2D eigenvalue weighted by molar-refractivity contribution is 1.76. The van der Waals surface area contributed by atoms with Gasteiger partial charge in [-0.2, -0.15) is 0 Å². The maximum absolute atomic E-state index is 3.74. The average Bonchev–Trinajstić information content (AvgIpc) is 2.55. The van der Waals surface area contributed by atoms with Crippen LogP contribution in [-0.2, 0) is 0 Å². The quantitative estimate of drug-likeness (QED) is 0.339. The zero-order valence-electron chi connectivity index (χ0n) is 11.9. The minimum Gasteiger partial charge on any atom is -0.0849 e. The Balaban J connectivity index is 2.33. The van der Waals surface area contributed by atoms with Crippen molar-refractivity contribution in [3.8, 4) is 0 Å². The summed E-state index contributed by atoms with van der Waals surface area (Å²) in [7, 11) is 1.06. The second-order valence-electron chi connectivity index (χ2n) is 5.43. The number of rotatable bonds is 1. The minimum atomic E-state index is 1.06. The van der Waals surface area contributed by atoms with Gasteiger partial charge in [0.25, 0.3) is 0 Å². The molecule has 0 saturated heterocycles. The molecule has 0 radical (unpaired) electrons. The van der Waals surface area contributed by atoms with E-state index in [-0.39, 0.29) is 0 Å². The number of fused-ring (bicyclic) bond motifs is 5. The molecule has 0 amide bonds. The van der Waals surface area contributed by atoms with E-state index in [2.05, 4.69) is 83.4 Å². The molecule has 0 aliphatic rings. The van der Waals surface area contributed by atoms with E-state index in [1.165, 1.54) is 42.3 Å². The maximum atomic E-state index is 3.74. The van der Waals surface area contributed by atoms with E-state index in [0.29, 0.717) is 0 Å². The lowest BCUT2D eigenvalue weighted by atomic mass is 9.70. The molecule has 4 rings (SSSR count). The molecule has 0 bridgehead atoms. The van der Waals surface area contributed by atoms with E-state index in [9.17, 15) is 0 Å². The van der Waals surface area contributed by atoms with Crippen LogP contribution in [0.15, 0.2) is 65.1 Å². The van der Waals surface area contributed by atoms with Crippen molar-refractivity contribution in [2.24, 2.45) is 0 Å². The molecular weight excluding hydrogens is 319 g/mol. The maximum Gasteiger partial charge on any atom is 0.155 e. The lowest BCUT2D eigenvalue weighted by Crippen LogP contribution is -2.11. The first-order valence-electron chi connectivity index (χ1n) is 7.31. The summed E-state index contributed by atoms with van der Waals surface area (Å²) >= 11 is 3.74. The fourth-order valence-electron chi connectivity index (χ4n) is 3.27. The molecule has 0 N–H and O–H groups in total. The van der Waals surface area contributed by atoms with Gasteiger partial charge in [-0.1, -0.05) is 82.8 Å². The fraction of sp³-hybridized carbons (Fsp3) is 0.0526. The van der Waals surface area contributed by atoms with Gasteiger partial charge in [-0.15, -0.1) is 0 Å². The predicted molar refractivity (Wildman–Crippen MR) is 99.3 cm³/mol. The van der Waals surface area contributed by atoms with Gasteiger partial charge in [0, 0.05) is 4.47 Å². The van der Waals surface area contributed by atoms with E-state index in [1.54, 1.807) is 0 Å². The van der Waals surface area contributed by atoms with Crippen LogP contribution in [-0.4, -0.2) is 7.28 Å². The van der Waals surface area contributed by atoms with Crippen LogP contribution in [0.2, 0.25) is 6.82 Å². The summed E-state index contributed by atoms with van der Waals surface area (Å²) in [5, 5.41) is 8.00. The summed E-state index contributed by atoms with van der Waals surface area (Å²) in [4.78, 5) is 0. The molecule has 0 atom stereocenters. The third-order valence-electron chi connectivity index (χ3n) is 4.30. The molecule has 2 heteroatoms. The second-order valence-corrected chi connectivity index (χ2v) is 6.29. The van der Waals surface area contributed by atoms with Crippen molar-refractivity contribution in [2.45, 2.75) is 6.82 Å². The highest BCUT2D eigenvalue weighted by Gasteiger charge is 2.10. The summed E-state index contributed by atoms with van der Waals surface area (Å²) in [5.74, 6) is 0. The summed E-state index contributed by atoms with van der Waals surface area (Å²) < 4.78 is 1.17. The average molecular weight is 333 g/mol. The summed E-state index contributed by atoms with van der Waals surface area (Å²) in [6, 6.07) is 22.0. The van der Waals surface area contributed by atoms with Crippen LogP contribution >= 0.6 is 15.9 Å². The highest BCUT2D eigenvalue weighted by Crippen LogP contribution is 2.34. The summed E-state index contributed by atoms with van der Waals surface area (Å²) in [6.45, 7) is 2.23. The number of hydrogen-bond acceptors (Lipinski definition) is 0. The number of halogens is 1. The first-order chi connectivity index (χ1) is 10.3. The van der Waals surface area contributed by atoms with Crippen molar-refractivity contribution < 1.29 is 0 Å². The predicted octanol–water partition coefficient (Wildman–Crippen LogP) is 5.02. The molecule has 4 aromatic rings. The Labute approximate surface area is 133 Å². The van der Waals surface area contributed by atoms with E-state index in [4.69, 9.17) is 0 Å². The van der Waals surface area contributed by atoms with Crippen molar-refractivity contribution in [1.29, 1.82) is 0 Å². The second kappa shape index (κ2) is 4.89. The Morgan fingerprint density at radius 2 is 1.19 bits per heavy atom. The highest BCUT2D eigenvalue weighted by atomic mass is 79.9.